The first-order valence-corrected chi connectivity index (χ1v) is 7.17. The molecule has 0 saturated heterocycles. The van der Waals surface area contributed by atoms with Gasteiger partial charge in [0.1, 0.15) is 10.7 Å². The number of imidazole rings is 1. The van der Waals surface area contributed by atoms with Gasteiger partial charge in [0, 0.05) is 18.6 Å². The van der Waals surface area contributed by atoms with Crippen LogP contribution < -0.4 is 4.74 Å². The Kier molecular flexibility index (Phi) is 3.24. The van der Waals surface area contributed by atoms with Crippen molar-refractivity contribution < 1.29 is 4.74 Å². The van der Waals surface area contributed by atoms with Crippen molar-refractivity contribution in [2.24, 2.45) is 5.92 Å². The molecule has 3 rings (SSSR count). The molecule has 4 nitrogen and oxygen atoms in total. The van der Waals surface area contributed by atoms with Crippen molar-refractivity contribution in [2.75, 3.05) is 0 Å². The molecule has 2 unspecified atom stereocenters. The minimum atomic E-state index is 0.274. The van der Waals surface area contributed by atoms with Crippen LogP contribution in [0.3, 0.4) is 0 Å². The van der Waals surface area contributed by atoms with E-state index in [-0.39, 0.29) is 6.10 Å². The second-order valence-corrected chi connectivity index (χ2v) is 5.85. The van der Waals surface area contributed by atoms with Crippen LogP contribution in [0.5, 0.6) is 5.88 Å². The molecular formula is C13H16BrN3O. The van der Waals surface area contributed by atoms with Crippen LogP contribution in [0.4, 0.5) is 0 Å². The third-order valence-corrected chi connectivity index (χ3v) is 3.86. The fourth-order valence-electron chi connectivity index (χ4n) is 2.60. The van der Waals surface area contributed by atoms with Crippen molar-refractivity contribution >= 4 is 21.6 Å². The maximum atomic E-state index is 6.05. The van der Waals surface area contributed by atoms with E-state index in [4.69, 9.17) is 4.74 Å². The summed E-state index contributed by atoms with van der Waals surface area (Å²) >= 11 is 3.40. The van der Waals surface area contributed by atoms with Crippen LogP contribution >= 0.6 is 15.9 Å². The molecule has 1 aliphatic rings. The Labute approximate surface area is 115 Å². The lowest BCUT2D eigenvalue weighted by Crippen LogP contribution is -2.24. The molecule has 2 atom stereocenters. The molecule has 1 fully saturated rings. The van der Waals surface area contributed by atoms with Crippen LogP contribution in [-0.2, 0) is 0 Å². The van der Waals surface area contributed by atoms with Crippen LogP contribution in [-0.4, -0.2) is 20.5 Å². The number of rotatable bonds is 2. The zero-order valence-electron chi connectivity index (χ0n) is 10.3. The standard InChI is InChI=1S/C13H16BrN3O/c1-9-3-2-4-10(7-9)18-13-12-15-5-6-17(12)8-11(14)16-13/h5-6,8-10H,2-4,7H2,1H3. The number of nitrogens with zero attached hydrogens (tertiary/aromatic N) is 3. The van der Waals surface area contributed by atoms with E-state index in [0.29, 0.717) is 5.88 Å². The van der Waals surface area contributed by atoms with Gasteiger partial charge in [0.15, 0.2) is 0 Å². The third-order valence-electron chi connectivity index (χ3n) is 3.48. The summed E-state index contributed by atoms with van der Waals surface area (Å²) < 4.78 is 8.75. The molecule has 18 heavy (non-hydrogen) atoms. The summed E-state index contributed by atoms with van der Waals surface area (Å²) in [6.07, 6.45) is 10.6. The van der Waals surface area contributed by atoms with E-state index in [2.05, 4.69) is 32.8 Å². The maximum Gasteiger partial charge on any atom is 0.259 e. The first-order valence-electron chi connectivity index (χ1n) is 6.38. The van der Waals surface area contributed by atoms with E-state index in [1.54, 1.807) is 6.20 Å². The van der Waals surface area contributed by atoms with Gasteiger partial charge in [0.05, 0.1) is 0 Å². The Morgan fingerprint density at radius 3 is 3.17 bits per heavy atom. The van der Waals surface area contributed by atoms with Crippen molar-refractivity contribution in [1.82, 2.24) is 14.4 Å². The third kappa shape index (κ3) is 2.36. The highest BCUT2D eigenvalue weighted by Gasteiger charge is 2.22. The van der Waals surface area contributed by atoms with Gasteiger partial charge in [-0.05, 0) is 41.1 Å². The lowest BCUT2D eigenvalue weighted by Gasteiger charge is -2.26. The Morgan fingerprint density at radius 2 is 2.33 bits per heavy atom. The van der Waals surface area contributed by atoms with E-state index < -0.39 is 0 Å². The van der Waals surface area contributed by atoms with Gasteiger partial charge >= 0.3 is 0 Å². The molecule has 2 heterocycles. The van der Waals surface area contributed by atoms with E-state index in [1.807, 2.05) is 16.8 Å². The Balaban J connectivity index is 1.87. The average Bonchev–Trinajstić information content (AvgIpc) is 2.77. The molecule has 1 saturated carbocycles. The number of halogens is 1. The highest BCUT2D eigenvalue weighted by atomic mass is 79.9. The average molecular weight is 310 g/mol. The number of ether oxygens (including phenoxy) is 1. The highest BCUT2D eigenvalue weighted by Crippen LogP contribution is 2.28. The van der Waals surface area contributed by atoms with E-state index in [1.165, 1.54) is 12.8 Å². The molecule has 0 amide bonds. The van der Waals surface area contributed by atoms with Crippen molar-refractivity contribution in [2.45, 2.75) is 38.7 Å². The van der Waals surface area contributed by atoms with Crippen LogP contribution in [0.15, 0.2) is 23.2 Å². The van der Waals surface area contributed by atoms with Crippen LogP contribution in [0.2, 0.25) is 0 Å². The van der Waals surface area contributed by atoms with Gasteiger partial charge in [-0.25, -0.2) is 9.97 Å². The van der Waals surface area contributed by atoms with Gasteiger partial charge in [-0.3, -0.25) is 4.40 Å². The maximum absolute atomic E-state index is 6.05. The first-order chi connectivity index (χ1) is 8.72. The highest BCUT2D eigenvalue weighted by molar-refractivity contribution is 9.10. The Morgan fingerprint density at radius 1 is 1.44 bits per heavy atom. The molecule has 0 N–H and O–H groups in total. The number of aromatic nitrogens is 3. The summed E-state index contributed by atoms with van der Waals surface area (Å²) in [4.78, 5) is 8.70. The van der Waals surface area contributed by atoms with Crippen molar-refractivity contribution in [3.05, 3.63) is 23.2 Å². The molecular weight excluding hydrogens is 294 g/mol. The summed E-state index contributed by atoms with van der Waals surface area (Å²) in [5, 5.41) is 0. The fraction of sp³-hybridized carbons (Fsp3) is 0.538. The molecule has 0 spiro atoms. The van der Waals surface area contributed by atoms with Gasteiger partial charge in [-0.2, -0.15) is 0 Å². The predicted octanol–water partition coefficient (Wildman–Crippen LogP) is 3.45. The first kappa shape index (κ1) is 12.0. The zero-order chi connectivity index (χ0) is 12.5. The second-order valence-electron chi connectivity index (χ2n) is 5.04. The van der Waals surface area contributed by atoms with Crippen molar-refractivity contribution in [1.29, 1.82) is 0 Å². The summed E-state index contributed by atoms with van der Waals surface area (Å²) in [7, 11) is 0. The Bertz CT molecular complexity index is 554. The normalized spacial score (nSPS) is 24.3. The molecule has 96 valence electrons. The van der Waals surface area contributed by atoms with E-state index in [9.17, 15) is 0 Å². The van der Waals surface area contributed by atoms with Crippen LogP contribution in [0.25, 0.3) is 5.65 Å². The predicted molar refractivity (Wildman–Crippen MR) is 72.7 cm³/mol. The smallest absolute Gasteiger partial charge is 0.259 e. The molecule has 2 aromatic rings. The molecule has 5 heteroatoms. The minimum absolute atomic E-state index is 0.274. The van der Waals surface area contributed by atoms with E-state index in [0.717, 1.165) is 29.0 Å². The summed E-state index contributed by atoms with van der Waals surface area (Å²) in [6.45, 7) is 2.29. The van der Waals surface area contributed by atoms with E-state index >= 15 is 0 Å². The summed E-state index contributed by atoms with van der Waals surface area (Å²) in [5.41, 5.74) is 0.788. The zero-order valence-corrected chi connectivity index (χ0v) is 11.9. The monoisotopic (exact) mass is 309 g/mol. The quantitative estimate of drug-likeness (QED) is 0.853. The van der Waals surface area contributed by atoms with Crippen molar-refractivity contribution in [3.8, 4) is 5.88 Å². The summed E-state index contributed by atoms with van der Waals surface area (Å²) in [6, 6.07) is 0. The largest absolute Gasteiger partial charge is 0.472 e. The molecule has 0 radical (unpaired) electrons. The molecule has 0 aliphatic heterocycles. The van der Waals surface area contributed by atoms with Gasteiger partial charge in [-0.1, -0.05) is 13.3 Å². The van der Waals surface area contributed by atoms with Crippen molar-refractivity contribution in [3.63, 3.8) is 0 Å². The molecule has 1 aliphatic carbocycles. The fourth-order valence-corrected chi connectivity index (χ4v) is 2.98. The lowest BCUT2D eigenvalue weighted by atomic mass is 9.89. The SMILES string of the molecule is CC1CCCC(Oc2nc(Br)cn3ccnc23)C1. The lowest BCUT2D eigenvalue weighted by molar-refractivity contribution is 0.125. The number of hydrogen-bond donors (Lipinski definition) is 0. The van der Waals surface area contributed by atoms with Crippen LogP contribution in [0.1, 0.15) is 32.6 Å². The molecule has 2 aromatic heterocycles. The van der Waals surface area contributed by atoms with Gasteiger partial charge in [0.25, 0.3) is 5.88 Å². The van der Waals surface area contributed by atoms with Crippen LogP contribution in [0, 0.1) is 5.92 Å². The van der Waals surface area contributed by atoms with Gasteiger partial charge in [0.2, 0.25) is 5.65 Å². The molecule has 0 bridgehead atoms. The Hall–Kier alpha value is -1.10. The number of fused-ring (bicyclic) bond motifs is 1. The van der Waals surface area contributed by atoms with Gasteiger partial charge in [-0.15, -0.1) is 0 Å². The second kappa shape index (κ2) is 4.88. The van der Waals surface area contributed by atoms with Gasteiger partial charge < -0.3 is 4.74 Å². The minimum Gasteiger partial charge on any atom is -0.472 e. The molecule has 0 aromatic carbocycles. The summed E-state index contributed by atoms with van der Waals surface area (Å²) in [5.74, 6) is 1.38. The topological polar surface area (TPSA) is 39.4 Å². The number of hydrogen-bond acceptors (Lipinski definition) is 3.